The van der Waals surface area contributed by atoms with Crippen molar-refractivity contribution in [2.24, 2.45) is 0 Å². The lowest BCUT2D eigenvalue weighted by molar-refractivity contribution is -0.121. The number of imide groups is 1. The summed E-state index contributed by atoms with van der Waals surface area (Å²) in [4.78, 5) is 41.3. The van der Waals surface area contributed by atoms with Gasteiger partial charge in [0.25, 0.3) is 0 Å². The molecule has 0 saturated carbocycles. The molecule has 4 rings (SSSR count). The molecule has 33 heavy (non-hydrogen) atoms. The van der Waals surface area contributed by atoms with E-state index in [-0.39, 0.29) is 24.0 Å². The van der Waals surface area contributed by atoms with Gasteiger partial charge in [0, 0.05) is 25.1 Å². The molecule has 2 aromatic rings. The van der Waals surface area contributed by atoms with E-state index in [0.717, 1.165) is 11.1 Å². The molecule has 2 amide bonds. The third-order valence-electron chi connectivity index (χ3n) is 5.50. The fourth-order valence-corrected chi connectivity index (χ4v) is 5.26. The summed E-state index contributed by atoms with van der Waals surface area (Å²) in [7, 11) is 0. The van der Waals surface area contributed by atoms with E-state index in [4.69, 9.17) is 17.0 Å². The number of nitrogens with zero attached hydrogens (tertiary/aromatic N) is 2. The number of carbonyl (C=O) groups excluding carboxylic acids is 3. The third kappa shape index (κ3) is 5.58. The summed E-state index contributed by atoms with van der Waals surface area (Å²) in [5.41, 5.74) is 3.02. The van der Waals surface area contributed by atoms with Gasteiger partial charge in [0.15, 0.2) is 5.78 Å². The predicted molar refractivity (Wildman–Crippen MR) is 134 cm³/mol. The number of morpholine rings is 1. The Hall–Kier alpha value is -2.81. The van der Waals surface area contributed by atoms with Crippen molar-refractivity contribution in [1.82, 2.24) is 4.90 Å². The van der Waals surface area contributed by atoms with Crippen molar-refractivity contribution in [2.75, 3.05) is 31.2 Å². The first kappa shape index (κ1) is 23.4. The van der Waals surface area contributed by atoms with Crippen LogP contribution in [-0.4, -0.2) is 58.4 Å². The van der Waals surface area contributed by atoms with Crippen molar-refractivity contribution in [1.29, 1.82) is 0 Å². The zero-order chi connectivity index (χ0) is 23.4. The number of rotatable bonds is 5. The molecule has 0 bridgehead atoms. The van der Waals surface area contributed by atoms with Gasteiger partial charge in [-0.2, -0.15) is 0 Å². The van der Waals surface area contributed by atoms with Crippen LogP contribution >= 0.6 is 24.0 Å². The monoisotopic (exact) mass is 480 g/mol. The zero-order valence-electron chi connectivity index (χ0n) is 18.2. The van der Waals surface area contributed by atoms with Gasteiger partial charge in [-0.05, 0) is 42.8 Å². The molecule has 2 heterocycles. The van der Waals surface area contributed by atoms with Crippen molar-refractivity contribution in [2.45, 2.75) is 18.6 Å². The van der Waals surface area contributed by atoms with Gasteiger partial charge in [-0.25, -0.2) is 4.90 Å². The molecule has 8 heteroatoms. The van der Waals surface area contributed by atoms with Gasteiger partial charge >= 0.3 is 0 Å². The van der Waals surface area contributed by atoms with Gasteiger partial charge in [-0.3, -0.25) is 14.4 Å². The second-order valence-electron chi connectivity index (χ2n) is 7.90. The van der Waals surface area contributed by atoms with Crippen molar-refractivity contribution in [3.05, 3.63) is 71.3 Å². The predicted octanol–water partition coefficient (Wildman–Crippen LogP) is 3.87. The minimum Gasteiger partial charge on any atom is -0.378 e. The molecular formula is C25H24N2O4S2. The van der Waals surface area contributed by atoms with E-state index in [9.17, 15) is 14.4 Å². The van der Waals surface area contributed by atoms with Gasteiger partial charge in [-0.15, -0.1) is 0 Å². The summed E-state index contributed by atoms with van der Waals surface area (Å²) in [5.74, 6) is -0.689. The van der Waals surface area contributed by atoms with Crippen molar-refractivity contribution < 1.29 is 19.1 Å². The van der Waals surface area contributed by atoms with E-state index in [0.29, 0.717) is 41.9 Å². The zero-order valence-corrected chi connectivity index (χ0v) is 19.9. The van der Waals surface area contributed by atoms with Gasteiger partial charge in [0.2, 0.25) is 11.8 Å². The average Bonchev–Trinajstić information content (AvgIpc) is 3.10. The molecule has 2 aromatic carbocycles. The van der Waals surface area contributed by atoms with Crippen LogP contribution in [0.25, 0.3) is 6.08 Å². The number of allylic oxidation sites excluding steroid dienone is 1. The summed E-state index contributed by atoms with van der Waals surface area (Å²) >= 11 is 6.74. The largest absolute Gasteiger partial charge is 0.378 e. The molecule has 0 radical (unpaired) electrons. The number of anilines is 1. The molecule has 2 saturated heterocycles. The molecular weight excluding hydrogens is 456 g/mol. The molecule has 0 aromatic heterocycles. The van der Waals surface area contributed by atoms with Crippen LogP contribution in [0.2, 0.25) is 0 Å². The normalized spacial score (nSPS) is 18.9. The molecule has 2 aliphatic heterocycles. The number of aryl methyl sites for hydroxylation is 1. The highest BCUT2D eigenvalue weighted by molar-refractivity contribution is 8.23. The summed E-state index contributed by atoms with van der Waals surface area (Å²) in [6, 6.07) is 14.4. The lowest BCUT2D eigenvalue weighted by Gasteiger charge is -2.29. The Morgan fingerprint density at radius 1 is 1.12 bits per heavy atom. The minimum atomic E-state index is -0.536. The van der Waals surface area contributed by atoms with Gasteiger partial charge in [0.05, 0.1) is 18.9 Å². The topological polar surface area (TPSA) is 66.9 Å². The maximum Gasteiger partial charge on any atom is 0.247 e. The van der Waals surface area contributed by atoms with Gasteiger partial charge in [0.1, 0.15) is 9.57 Å². The Balaban J connectivity index is 1.40. The van der Waals surface area contributed by atoms with Crippen LogP contribution in [0.15, 0.2) is 54.6 Å². The van der Waals surface area contributed by atoms with Crippen LogP contribution in [-0.2, 0) is 14.3 Å². The number of amides is 2. The van der Waals surface area contributed by atoms with E-state index in [1.165, 1.54) is 22.7 Å². The Bertz CT molecular complexity index is 1110. The standard InChI is InChI=1S/C25H24N2O4S2/c1-17-3-2-4-18(15-17)5-10-21(28)19-6-8-20(9-7-19)27-23(29)16-22(24(27)30)33-25(32)26-11-13-31-14-12-26/h2-10,15,22H,11-14,16H2,1H3. The third-order valence-corrected chi connectivity index (χ3v) is 7.16. The maximum atomic E-state index is 12.9. The minimum absolute atomic E-state index is 0.105. The summed E-state index contributed by atoms with van der Waals surface area (Å²) in [6.07, 6.45) is 3.40. The molecule has 1 unspecified atom stereocenters. The molecule has 0 spiro atoms. The number of ether oxygens (including phenoxy) is 1. The molecule has 6 nitrogen and oxygen atoms in total. The van der Waals surface area contributed by atoms with Gasteiger partial charge < -0.3 is 9.64 Å². The highest BCUT2D eigenvalue weighted by Crippen LogP contribution is 2.31. The Morgan fingerprint density at radius 2 is 1.85 bits per heavy atom. The fourth-order valence-electron chi connectivity index (χ4n) is 3.73. The lowest BCUT2D eigenvalue weighted by Crippen LogP contribution is -2.39. The second kappa shape index (κ2) is 10.4. The molecule has 0 aliphatic carbocycles. The van der Waals surface area contributed by atoms with E-state index >= 15 is 0 Å². The van der Waals surface area contributed by atoms with Crippen LogP contribution in [0.1, 0.15) is 27.9 Å². The first-order valence-corrected chi connectivity index (χ1v) is 12.0. The van der Waals surface area contributed by atoms with E-state index in [1.54, 1.807) is 30.3 Å². The molecule has 2 aliphatic rings. The maximum absolute atomic E-state index is 12.9. The fraction of sp³-hybridized carbons (Fsp3) is 0.280. The highest BCUT2D eigenvalue weighted by Gasteiger charge is 2.41. The van der Waals surface area contributed by atoms with E-state index in [2.05, 4.69) is 0 Å². The molecule has 1 atom stereocenters. The number of ketones is 1. The number of hydrogen-bond acceptors (Lipinski definition) is 6. The van der Waals surface area contributed by atoms with Gasteiger partial charge in [-0.1, -0.05) is 59.9 Å². The molecule has 170 valence electrons. The number of thiocarbonyl (C=S) groups is 1. The van der Waals surface area contributed by atoms with Crippen molar-refractivity contribution in [3.8, 4) is 0 Å². The summed E-state index contributed by atoms with van der Waals surface area (Å²) < 4.78 is 5.95. The average molecular weight is 481 g/mol. The molecule has 0 N–H and O–H groups in total. The summed E-state index contributed by atoms with van der Waals surface area (Å²) in [5, 5.41) is -0.536. The van der Waals surface area contributed by atoms with Crippen molar-refractivity contribution >= 4 is 57.7 Å². The second-order valence-corrected chi connectivity index (χ2v) is 9.74. The summed E-state index contributed by atoms with van der Waals surface area (Å²) in [6.45, 7) is 4.60. The Kier molecular flexibility index (Phi) is 7.37. The number of carbonyl (C=O) groups is 3. The number of benzene rings is 2. The van der Waals surface area contributed by atoms with Crippen LogP contribution in [0.3, 0.4) is 0 Å². The van der Waals surface area contributed by atoms with E-state index in [1.807, 2.05) is 36.1 Å². The Labute approximate surface area is 202 Å². The van der Waals surface area contributed by atoms with Crippen LogP contribution in [0, 0.1) is 6.92 Å². The van der Waals surface area contributed by atoms with Crippen molar-refractivity contribution in [3.63, 3.8) is 0 Å². The lowest BCUT2D eigenvalue weighted by atomic mass is 10.1. The highest BCUT2D eigenvalue weighted by atomic mass is 32.2. The smallest absolute Gasteiger partial charge is 0.247 e. The van der Waals surface area contributed by atoms with Crippen LogP contribution < -0.4 is 4.90 Å². The first-order chi connectivity index (χ1) is 15.9. The van der Waals surface area contributed by atoms with Crippen LogP contribution in [0.5, 0.6) is 0 Å². The Morgan fingerprint density at radius 3 is 2.55 bits per heavy atom. The first-order valence-electron chi connectivity index (χ1n) is 10.7. The van der Waals surface area contributed by atoms with Crippen LogP contribution in [0.4, 0.5) is 5.69 Å². The SMILES string of the molecule is Cc1cccc(C=CC(=O)c2ccc(N3C(=O)CC(SC(=S)N4CCOCC4)C3=O)cc2)c1. The molecule has 2 fully saturated rings. The van der Waals surface area contributed by atoms with E-state index < -0.39 is 5.25 Å². The number of hydrogen-bond donors (Lipinski definition) is 0. The number of thioether (sulfide) groups is 1. The quantitative estimate of drug-likeness (QED) is 0.279.